The molecule has 3 aromatic rings. The van der Waals surface area contributed by atoms with Crippen LogP contribution in [0.2, 0.25) is 0 Å². The Morgan fingerprint density at radius 2 is 2.00 bits per heavy atom. The summed E-state index contributed by atoms with van der Waals surface area (Å²) in [7, 11) is 0. The van der Waals surface area contributed by atoms with Crippen LogP contribution in [-0.4, -0.2) is 52.0 Å². The van der Waals surface area contributed by atoms with Gasteiger partial charge in [0.15, 0.2) is 5.16 Å². The monoisotopic (exact) mass is 439 g/mol. The van der Waals surface area contributed by atoms with Gasteiger partial charge in [0, 0.05) is 42.9 Å². The second kappa shape index (κ2) is 8.67. The van der Waals surface area contributed by atoms with Crippen molar-refractivity contribution < 1.29 is 4.74 Å². The summed E-state index contributed by atoms with van der Waals surface area (Å²) in [5.41, 5.74) is 2.04. The van der Waals surface area contributed by atoms with Crippen LogP contribution in [0.1, 0.15) is 12.8 Å². The molecule has 0 N–H and O–H groups in total. The molecule has 5 nitrogen and oxygen atoms in total. The lowest BCUT2D eigenvalue weighted by Gasteiger charge is -2.31. The van der Waals surface area contributed by atoms with Gasteiger partial charge < -0.3 is 4.74 Å². The third kappa shape index (κ3) is 3.87. The summed E-state index contributed by atoms with van der Waals surface area (Å²) >= 11 is 3.21. The molecule has 0 radical (unpaired) electrons. The van der Waals surface area contributed by atoms with Crippen LogP contribution >= 0.6 is 23.1 Å². The van der Waals surface area contributed by atoms with Crippen LogP contribution < -0.4 is 5.56 Å². The first-order valence-electron chi connectivity index (χ1n) is 10.4. The van der Waals surface area contributed by atoms with Gasteiger partial charge in [-0.2, -0.15) is 0 Å². The van der Waals surface area contributed by atoms with Crippen molar-refractivity contribution in [1.82, 2.24) is 14.5 Å². The summed E-state index contributed by atoms with van der Waals surface area (Å²) in [6.45, 7) is 7.35. The average Bonchev–Trinajstić information content (AvgIpc) is 3.34. The molecule has 156 valence electrons. The number of ether oxygens (including phenoxy) is 1. The van der Waals surface area contributed by atoms with Gasteiger partial charge >= 0.3 is 0 Å². The maximum Gasteiger partial charge on any atom is 0.263 e. The lowest BCUT2D eigenvalue weighted by molar-refractivity contribution is -0.0360. The highest BCUT2D eigenvalue weighted by Gasteiger charge is 2.33. The number of hydrogen-bond donors (Lipinski definition) is 0. The fourth-order valence-electron chi connectivity index (χ4n) is 4.38. The van der Waals surface area contributed by atoms with Crippen LogP contribution in [0.4, 0.5) is 0 Å². The first kappa shape index (κ1) is 20.0. The summed E-state index contributed by atoms with van der Waals surface area (Å²) in [5.74, 6) is 0.908. The van der Waals surface area contributed by atoms with Gasteiger partial charge in [-0.3, -0.25) is 14.3 Å². The Morgan fingerprint density at radius 1 is 1.23 bits per heavy atom. The molecule has 5 rings (SSSR count). The highest BCUT2D eigenvalue weighted by atomic mass is 32.2. The molecular weight excluding hydrogens is 414 g/mol. The lowest BCUT2D eigenvalue weighted by atomic mass is 10.1. The predicted octanol–water partition coefficient (Wildman–Crippen LogP) is 4.27. The minimum atomic E-state index is 0.0203. The van der Waals surface area contributed by atoms with Crippen LogP contribution in [0.15, 0.2) is 58.3 Å². The normalized spacial score (nSPS) is 21.3. The Balaban J connectivity index is 1.40. The number of thiophene rings is 1. The van der Waals surface area contributed by atoms with Gasteiger partial charge in [-0.15, -0.1) is 17.9 Å². The molecule has 4 heterocycles. The van der Waals surface area contributed by atoms with Gasteiger partial charge in [0.2, 0.25) is 0 Å². The first-order chi connectivity index (χ1) is 14.7. The van der Waals surface area contributed by atoms with E-state index in [9.17, 15) is 4.79 Å². The number of benzene rings is 1. The molecule has 2 aliphatic heterocycles. The third-order valence-corrected chi connectivity index (χ3v) is 7.64. The Morgan fingerprint density at radius 3 is 2.73 bits per heavy atom. The fourth-order valence-corrected chi connectivity index (χ4v) is 6.38. The summed E-state index contributed by atoms with van der Waals surface area (Å²) < 4.78 is 7.70. The Hall–Kier alpha value is -1.93. The quantitative estimate of drug-likeness (QED) is 0.313. The smallest absolute Gasteiger partial charge is 0.263 e. The molecule has 0 amide bonds. The van der Waals surface area contributed by atoms with E-state index in [0.29, 0.717) is 24.1 Å². The lowest BCUT2D eigenvalue weighted by Crippen LogP contribution is -2.43. The molecule has 2 atom stereocenters. The van der Waals surface area contributed by atoms with E-state index in [1.807, 2.05) is 35.7 Å². The van der Waals surface area contributed by atoms with Crippen molar-refractivity contribution in [2.75, 3.05) is 25.4 Å². The number of thioether (sulfide) groups is 1. The number of morpholine rings is 1. The number of rotatable bonds is 7. The molecule has 30 heavy (non-hydrogen) atoms. The molecule has 2 saturated heterocycles. The molecule has 1 aromatic carbocycles. The molecule has 7 heteroatoms. The van der Waals surface area contributed by atoms with Crippen molar-refractivity contribution >= 4 is 33.3 Å². The van der Waals surface area contributed by atoms with E-state index in [0.717, 1.165) is 46.5 Å². The standard InChI is InChI=1S/C23H25N3O2S2/c1-2-10-26-22(27)20-19(16-6-4-3-5-7-16)15-30-21(20)24-23(26)29-12-11-25-13-17-8-9-18(14-25)28-17/h2-7,15,17-18H,1,8-14H2. The average molecular weight is 440 g/mol. The van der Waals surface area contributed by atoms with Crippen molar-refractivity contribution in [2.45, 2.75) is 36.8 Å². The zero-order chi connectivity index (χ0) is 20.5. The molecule has 2 aromatic heterocycles. The van der Waals surface area contributed by atoms with Crippen molar-refractivity contribution in [3.8, 4) is 11.1 Å². The van der Waals surface area contributed by atoms with Crippen LogP contribution in [0.25, 0.3) is 21.3 Å². The number of hydrogen-bond acceptors (Lipinski definition) is 6. The number of aromatic nitrogens is 2. The van der Waals surface area contributed by atoms with Gasteiger partial charge in [0.05, 0.1) is 17.6 Å². The Labute approximate surface area is 184 Å². The number of fused-ring (bicyclic) bond motifs is 3. The highest BCUT2D eigenvalue weighted by Crippen LogP contribution is 2.32. The molecule has 2 fully saturated rings. The van der Waals surface area contributed by atoms with Crippen LogP contribution in [0, 0.1) is 0 Å². The SMILES string of the molecule is C=CCn1c(SCCN2CC3CCC(C2)O3)nc2scc(-c3ccccc3)c2c1=O. The molecule has 0 aliphatic carbocycles. The summed E-state index contributed by atoms with van der Waals surface area (Å²) in [6, 6.07) is 10.1. The van der Waals surface area contributed by atoms with Crippen molar-refractivity contribution in [1.29, 1.82) is 0 Å². The summed E-state index contributed by atoms with van der Waals surface area (Å²) in [4.78, 5) is 21.6. The minimum absolute atomic E-state index is 0.0203. The van der Waals surface area contributed by atoms with E-state index >= 15 is 0 Å². The number of allylic oxidation sites excluding steroid dienone is 1. The number of likely N-dealkylation sites (tertiary alicyclic amines) is 1. The van der Waals surface area contributed by atoms with Gasteiger partial charge in [0.1, 0.15) is 4.83 Å². The van der Waals surface area contributed by atoms with E-state index in [1.54, 1.807) is 33.7 Å². The Bertz CT molecular complexity index is 1100. The summed E-state index contributed by atoms with van der Waals surface area (Å²) in [6.07, 6.45) is 4.96. The van der Waals surface area contributed by atoms with Crippen molar-refractivity contribution in [3.63, 3.8) is 0 Å². The molecule has 2 aliphatic rings. The van der Waals surface area contributed by atoms with Gasteiger partial charge in [-0.25, -0.2) is 4.98 Å². The number of nitrogens with zero attached hydrogens (tertiary/aromatic N) is 3. The highest BCUT2D eigenvalue weighted by molar-refractivity contribution is 7.99. The molecule has 2 bridgehead atoms. The third-order valence-electron chi connectivity index (χ3n) is 5.81. The maximum atomic E-state index is 13.4. The molecule has 0 spiro atoms. The molecular formula is C23H25N3O2S2. The van der Waals surface area contributed by atoms with E-state index < -0.39 is 0 Å². The first-order valence-corrected chi connectivity index (χ1v) is 12.3. The summed E-state index contributed by atoms with van der Waals surface area (Å²) in [5, 5.41) is 3.54. The Kier molecular flexibility index (Phi) is 5.78. The van der Waals surface area contributed by atoms with Gasteiger partial charge in [0.25, 0.3) is 5.56 Å². The van der Waals surface area contributed by atoms with E-state index in [4.69, 9.17) is 9.72 Å². The second-order valence-corrected chi connectivity index (χ2v) is 9.78. The predicted molar refractivity (Wildman–Crippen MR) is 125 cm³/mol. The van der Waals surface area contributed by atoms with E-state index in [1.165, 1.54) is 12.8 Å². The van der Waals surface area contributed by atoms with Crippen LogP contribution in [-0.2, 0) is 11.3 Å². The second-order valence-electron chi connectivity index (χ2n) is 7.86. The van der Waals surface area contributed by atoms with Crippen molar-refractivity contribution in [3.05, 3.63) is 58.7 Å². The zero-order valence-corrected chi connectivity index (χ0v) is 18.5. The zero-order valence-electron chi connectivity index (χ0n) is 16.8. The topological polar surface area (TPSA) is 47.4 Å². The molecule has 2 unspecified atom stereocenters. The maximum absolute atomic E-state index is 13.4. The van der Waals surface area contributed by atoms with E-state index in [-0.39, 0.29) is 5.56 Å². The largest absolute Gasteiger partial charge is 0.372 e. The van der Waals surface area contributed by atoms with Crippen molar-refractivity contribution in [2.24, 2.45) is 0 Å². The van der Waals surface area contributed by atoms with E-state index in [2.05, 4.69) is 11.5 Å². The van der Waals surface area contributed by atoms with Gasteiger partial charge in [-0.1, -0.05) is 48.2 Å². The fraction of sp³-hybridized carbons (Fsp3) is 0.391. The van der Waals surface area contributed by atoms with Gasteiger partial charge in [-0.05, 0) is 18.4 Å². The minimum Gasteiger partial charge on any atom is -0.372 e. The van der Waals surface area contributed by atoms with Crippen LogP contribution in [0.3, 0.4) is 0 Å². The van der Waals surface area contributed by atoms with Crippen LogP contribution in [0.5, 0.6) is 0 Å². The molecule has 0 saturated carbocycles.